The molecule has 1 aromatic carbocycles. The summed E-state index contributed by atoms with van der Waals surface area (Å²) < 4.78 is 23.5. The van der Waals surface area contributed by atoms with Crippen LogP contribution in [0.2, 0.25) is 0 Å². The van der Waals surface area contributed by atoms with Gasteiger partial charge in [0.25, 0.3) is 0 Å². The first-order valence-electron chi connectivity index (χ1n) is 5.91. The van der Waals surface area contributed by atoms with Gasteiger partial charge in [0.05, 0.1) is 10.6 Å². The first kappa shape index (κ1) is 12.4. The Morgan fingerprint density at radius 1 is 1.12 bits per heavy atom. The summed E-state index contributed by atoms with van der Waals surface area (Å²) in [6.45, 7) is 2.29. The highest BCUT2D eigenvalue weighted by Gasteiger charge is 2.15. The van der Waals surface area contributed by atoms with Gasteiger partial charge in [-0.15, -0.1) is 0 Å². The van der Waals surface area contributed by atoms with E-state index in [0.717, 1.165) is 18.8 Å². The van der Waals surface area contributed by atoms with Gasteiger partial charge in [0.1, 0.15) is 0 Å². The van der Waals surface area contributed by atoms with Gasteiger partial charge in [-0.1, -0.05) is 0 Å². The molecule has 4 nitrogen and oxygen atoms in total. The van der Waals surface area contributed by atoms with E-state index in [4.69, 9.17) is 5.73 Å². The van der Waals surface area contributed by atoms with Gasteiger partial charge in [-0.05, 0) is 37.1 Å². The zero-order valence-electron chi connectivity index (χ0n) is 9.80. The van der Waals surface area contributed by atoms with Gasteiger partial charge in [0, 0.05) is 25.3 Å². The number of anilines is 1. The SMILES string of the molecule is NCCS(=O)(=O)c1ccc(N2CCCC2)cc1. The summed E-state index contributed by atoms with van der Waals surface area (Å²) in [5.74, 6) is 0.00998. The molecule has 0 radical (unpaired) electrons. The van der Waals surface area contributed by atoms with E-state index in [1.165, 1.54) is 12.8 Å². The van der Waals surface area contributed by atoms with E-state index in [2.05, 4.69) is 4.90 Å². The van der Waals surface area contributed by atoms with E-state index < -0.39 is 9.84 Å². The summed E-state index contributed by atoms with van der Waals surface area (Å²) in [6, 6.07) is 7.13. The van der Waals surface area contributed by atoms with Gasteiger partial charge in [-0.2, -0.15) is 0 Å². The first-order valence-corrected chi connectivity index (χ1v) is 7.56. The molecule has 1 aromatic rings. The molecule has 1 fully saturated rings. The molecule has 94 valence electrons. The zero-order chi connectivity index (χ0) is 12.3. The molecule has 1 heterocycles. The van der Waals surface area contributed by atoms with Crippen molar-refractivity contribution in [1.82, 2.24) is 0 Å². The molecule has 1 saturated heterocycles. The average Bonchev–Trinajstić information content (AvgIpc) is 2.82. The summed E-state index contributed by atoms with van der Waals surface area (Å²) in [7, 11) is -3.19. The Bertz CT molecular complexity index is 462. The van der Waals surface area contributed by atoms with Gasteiger partial charge in [-0.3, -0.25) is 0 Å². The van der Waals surface area contributed by atoms with E-state index in [-0.39, 0.29) is 12.3 Å². The fourth-order valence-corrected chi connectivity index (χ4v) is 3.21. The number of rotatable bonds is 4. The number of benzene rings is 1. The number of nitrogens with two attached hydrogens (primary N) is 1. The van der Waals surface area contributed by atoms with Crippen LogP contribution in [-0.4, -0.2) is 33.8 Å². The molecule has 0 spiro atoms. The van der Waals surface area contributed by atoms with Crippen molar-refractivity contribution in [3.63, 3.8) is 0 Å². The van der Waals surface area contributed by atoms with Gasteiger partial charge in [0.15, 0.2) is 9.84 Å². The van der Waals surface area contributed by atoms with Crippen molar-refractivity contribution in [3.8, 4) is 0 Å². The molecule has 2 rings (SSSR count). The van der Waals surface area contributed by atoms with Crippen molar-refractivity contribution in [1.29, 1.82) is 0 Å². The highest BCUT2D eigenvalue weighted by molar-refractivity contribution is 7.91. The normalized spacial score (nSPS) is 16.4. The Morgan fingerprint density at radius 2 is 1.71 bits per heavy atom. The Kier molecular flexibility index (Phi) is 3.69. The van der Waals surface area contributed by atoms with Crippen LogP contribution in [0, 0.1) is 0 Å². The topological polar surface area (TPSA) is 63.4 Å². The van der Waals surface area contributed by atoms with Gasteiger partial charge in [-0.25, -0.2) is 8.42 Å². The van der Waals surface area contributed by atoms with Crippen molar-refractivity contribution in [2.45, 2.75) is 17.7 Å². The lowest BCUT2D eigenvalue weighted by Gasteiger charge is -2.17. The molecule has 0 atom stereocenters. The molecule has 17 heavy (non-hydrogen) atoms. The van der Waals surface area contributed by atoms with E-state index in [9.17, 15) is 8.42 Å². The number of hydrogen-bond donors (Lipinski definition) is 1. The van der Waals surface area contributed by atoms with E-state index in [1.807, 2.05) is 12.1 Å². The molecule has 0 amide bonds. The molecule has 0 saturated carbocycles. The van der Waals surface area contributed by atoms with Crippen LogP contribution in [-0.2, 0) is 9.84 Å². The maximum atomic E-state index is 11.8. The van der Waals surface area contributed by atoms with Crippen LogP contribution < -0.4 is 10.6 Å². The standard InChI is InChI=1S/C12H18N2O2S/c13-7-10-17(15,16)12-5-3-11(4-6-12)14-8-1-2-9-14/h3-6H,1-2,7-10,13H2. The summed E-state index contributed by atoms with van der Waals surface area (Å²) in [5, 5.41) is 0. The number of nitrogens with zero attached hydrogens (tertiary/aromatic N) is 1. The molecule has 1 aliphatic heterocycles. The minimum Gasteiger partial charge on any atom is -0.372 e. The van der Waals surface area contributed by atoms with Crippen molar-refractivity contribution in [2.75, 3.05) is 30.3 Å². The second kappa shape index (κ2) is 5.06. The highest BCUT2D eigenvalue weighted by Crippen LogP contribution is 2.22. The van der Waals surface area contributed by atoms with Crippen molar-refractivity contribution in [3.05, 3.63) is 24.3 Å². The zero-order valence-corrected chi connectivity index (χ0v) is 10.6. The first-order chi connectivity index (χ1) is 8.13. The smallest absolute Gasteiger partial charge is 0.179 e. The molecule has 0 aromatic heterocycles. The Labute approximate surface area is 102 Å². The van der Waals surface area contributed by atoms with Crippen molar-refractivity contribution < 1.29 is 8.42 Å². The largest absolute Gasteiger partial charge is 0.372 e. The lowest BCUT2D eigenvalue weighted by atomic mass is 10.3. The predicted octanol–water partition coefficient (Wildman–Crippen LogP) is 1.02. The third-order valence-electron chi connectivity index (χ3n) is 3.05. The van der Waals surface area contributed by atoms with Crippen LogP contribution in [0.5, 0.6) is 0 Å². The Balaban J connectivity index is 2.18. The lowest BCUT2D eigenvalue weighted by molar-refractivity contribution is 0.596. The quantitative estimate of drug-likeness (QED) is 0.871. The lowest BCUT2D eigenvalue weighted by Crippen LogP contribution is -2.18. The van der Waals surface area contributed by atoms with Crippen molar-refractivity contribution >= 4 is 15.5 Å². The van der Waals surface area contributed by atoms with Crippen LogP contribution in [0.15, 0.2) is 29.2 Å². The Morgan fingerprint density at radius 3 is 2.24 bits per heavy atom. The summed E-state index contributed by atoms with van der Waals surface area (Å²) in [5.41, 5.74) is 6.40. The second-order valence-corrected chi connectivity index (χ2v) is 6.40. The van der Waals surface area contributed by atoms with E-state index >= 15 is 0 Å². The van der Waals surface area contributed by atoms with E-state index in [1.54, 1.807) is 12.1 Å². The Hall–Kier alpha value is -1.07. The monoisotopic (exact) mass is 254 g/mol. The third kappa shape index (κ3) is 2.79. The van der Waals surface area contributed by atoms with Gasteiger partial charge >= 0.3 is 0 Å². The predicted molar refractivity (Wildman–Crippen MR) is 69.0 cm³/mol. The molecule has 0 bridgehead atoms. The fourth-order valence-electron chi connectivity index (χ4n) is 2.11. The fraction of sp³-hybridized carbons (Fsp3) is 0.500. The van der Waals surface area contributed by atoms with Crippen molar-refractivity contribution in [2.24, 2.45) is 5.73 Å². The number of hydrogen-bond acceptors (Lipinski definition) is 4. The van der Waals surface area contributed by atoms with Gasteiger partial charge < -0.3 is 10.6 Å². The third-order valence-corrected chi connectivity index (χ3v) is 4.82. The average molecular weight is 254 g/mol. The highest BCUT2D eigenvalue weighted by atomic mass is 32.2. The summed E-state index contributed by atoms with van der Waals surface area (Å²) in [4.78, 5) is 2.64. The minimum atomic E-state index is -3.19. The minimum absolute atomic E-state index is 0.00998. The van der Waals surface area contributed by atoms with Crippen LogP contribution in [0.1, 0.15) is 12.8 Å². The summed E-state index contributed by atoms with van der Waals surface area (Å²) in [6.07, 6.45) is 2.43. The van der Waals surface area contributed by atoms with Crippen LogP contribution in [0.4, 0.5) is 5.69 Å². The van der Waals surface area contributed by atoms with E-state index in [0.29, 0.717) is 4.90 Å². The van der Waals surface area contributed by atoms with Crippen LogP contribution in [0.3, 0.4) is 0 Å². The maximum Gasteiger partial charge on any atom is 0.179 e. The number of sulfone groups is 1. The van der Waals surface area contributed by atoms with Gasteiger partial charge in [0.2, 0.25) is 0 Å². The molecule has 5 heteroatoms. The summed E-state index contributed by atoms with van der Waals surface area (Å²) >= 11 is 0. The van der Waals surface area contributed by atoms with Crippen LogP contribution >= 0.6 is 0 Å². The molecular formula is C12H18N2O2S. The molecule has 2 N–H and O–H groups in total. The molecule has 0 unspecified atom stereocenters. The molecule has 0 aliphatic carbocycles. The maximum absolute atomic E-state index is 11.8. The molecular weight excluding hydrogens is 236 g/mol. The second-order valence-electron chi connectivity index (χ2n) is 4.30. The van der Waals surface area contributed by atoms with Crippen LogP contribution in [0.25, 0.3) is 0 Å². The molecule has 1 aliphatic rings.